The van der Waals surface area contributed by atoms with Crippen LogP contribution in [0.15, 0.2) is 65.7 Å². The van der Waals surface area contributed by atoms with Gasteiger partial charge in [-0.2, -0.15) is 0 Å². The maximum absolute atomic E-state index is 12.9. The van der Waals surface area contributed by atoms with E-state index in [1.807, 2.05) is 32.0 Å². The van der Waals surface area contributed by atoms with Crippen molar-refractivity contribution >= 4 is 27.2 Å². The van der Waals surface area contributed by atoms with Crippen molar-refractivity contribution in [3.8, 4) is 0 Å². The molecule has 2 N–H and O–H groups in total. The molecule has 0 unspecified atom stereocenters. The molecule has 1 aromatic heterocycles. The molecule has 0 aliphatic heterocycles. The van der Waals surface area contributed by atoms with Gasteiger partial charge in [-0.1, -0.05) is 18.2 Å². The van der Waals surface area contributed by atoms with Crippen LogP contribution in [0.1, 0.15) is 11.1 Å². The van der Waals surface area contributed by atoms with Crippen molar-refractivity contribution in [1.82, 2.24) is 4.98 Å². The van der Waals surface area contributed by atoms with E-state index in [0.29, 0.717) is 11.5 Å². The number of aryl methyl sites for hydroxylation is 2. The first-order chi connectivity index (χ1) is 12.3. The molecule has 0 bridgehead atoms. The first-order valence-corrected chi connectivity index (χ1v) is 9.41. The predicted molar refractivity (Wildman–Crippen MR) is 101 cm³/mol. The minimum absolute atomic E-state index is 0.0170. The largest absolute Gasteiger partial charge is 0.340 e. The van der Waals surface area contributed by atoms with Crippen LogP contribution in [0.5, 0.6) is 0 Å². The van der Waals surface area contributed by atoms with Gasteiger partial charge in [-0.15, -0.1) is 0 Å². The molecule has 0 saturated heterocycles. The van der Waals surface area contributed by atoms with E-state index in [1.54, 1.807) is 12.1 Å². The highest BCUT2D eigenvalue weighted by Gasteiger charge is 2.14. The smallest absolute Gasteiger partial charge is 0.261 e. The van der Waals surface area contributed by atoms with Crippen LogP contribution >= 0.6 is 0 Å². The zero-order valence-electron chi connectivity index (χ0n) is 14.3. The van der Waals surface area contributed by atoms with Crippen LogP contribution in [-0.4, -0.2) is 13.4 Å². The van der Waals surface area contributed by atoms with E-state index >= 15 is 0 Å². The van der Waals surface area contributed by atoms with E-state index in [4.69, 9.17) is 0 Å². The van der Waals surface area contributed by atoms with Crippen LogP contribution in [0.2, 0.25) is 0 Å². The van der Waals surface area contributed by atoms with Gasteiger partial charge in [-0.05, 0) is 61.4 Å². The van der Waals surface area contributed by atoms with Gasteiger partial charge >= 0.3 is 0 Å². The Balaban J connectivity index is 1.76. The molecule has 1 heterocycles. The first-order valence-electron chi connectivity index (χ1n) is 7.93. The van der Waals surface area contributed by atoms with Gasteiger partial charge in [0.1, 0.15) is 11.6 Å². The van der Waals surface area contributed by atoms with Crippen molar-refractivity contribution in [3.05, 3.63) is 77.7 Å². The summed E-state index contributed by atoms with van der Waals surface area (Å²) in [6, 6.07) is 13.9. The SMILES string of the molecule is Cc1cccc(C)c1Nc1ccc(NS(=O)(=O)c2ccc(F)cc2)cn1. The molecular weight excluding hydrogens is 353 g/mol. The summed E-state index contributed by atoms with van der Waals surface area (Å²) < 4.78 is 40.0. The van der Waals surface area contributed by atoms with E-state index in [1.165, 1.54) is 18.3 Å². The van der Waals surface area contributed by atoms with E-state index in [2.05, 4.69) is 15.0 Å². The molecule has 0 fully saturated rings. The molecule has 0 atom stereocenters. The number of nitrogens with one attached hydrogen (secondary N) is 2. The van der Waals surface area contributed by atoms with Gasteiger partial charge in [-0.25, -0.2) is 17.8 Å². The van der Waals surface area contributed by atoms with E-state index in [0.717, 1.165) is 28.9 Å². The van der Waals surface area contributed by atoms with Gasteiger partial charge in [0.2, 0.25) is 0 Å². The standard InChI is InChI=1S/C19H18FN3O2S/c1-13-4-3-5-14(2)19(13)22-18-11-8-16(12-21-18)23-26(24,25)17-9-6-15(20)7-10-17/h3-12,23H,1-2H3,(H,21,22). The summed E-state index contributed by atoms with van der Waals surface area (Å²) >= 11 is 0. The topological polar surface area (TPSA) is 71.1 Å². The zero-order chi connectivity index (χ0) is 18.7. The lowest BCUT2D eigenvalue weighted by atomic mass is 10.1. The lowest BCUT2D eigenvalue weighted by molar-refractivity contribution is 0.599. The summed E-state index contributed by atoms with van der Waals surface area (Å²) in [6.45, 7) is 4.00. The monoisotopic (exact) mass is 371 g/mol. The third kappa shape index (κ3) is 4.00. The zero-order valence-corrected chi connectivity index (χ0v) is 15.1. The Morgan fingerprint density at radius 2 is 1.58 bits per heavy atom. The first kappa shape index (κ1) is 17.9. The molecule has 0 radical (unpaired) electrons. The maximum atomic E-state index is 12.9. The lowest BCUT2D eigenvalue weighted by Crippen LogP contribution is -2.13. The number of halogens is 1. The fourth-order valence-electron chi connectivity index (χ4n) is 2.50. The van der Waals surface area contributed by atoms with Crippen LogP contribution < -0.4 is 10.0 Å². The second kappa shape index (κ2) is 7.13. The summed E-state index contributed by atoms with van der Waals surface area (Å²) in [7, 11) is -3.79. The minimum Gasteiger partial charge on any atom is -0.340 e. The molecule has 0 amide bonds. The van der Waals surface area contributed by atoms with Crippen LogP contribution in [0.3, 0.4) is 0 Å². The predicted octanol–water partition coefficient (Wildman–Crippen LogP) is 4.38. The molecule has 3 rings (SSSR count). The number of rotatable bonds is 5. The van der Waals surface area contributed by atoms with Gasteiger partial charge in [0.05, 0.1) is 16.8 Å². The van der Waals surface area contributed by atoms with Crippen molar-refractivity contribution in [3.63, 3.8) is 0 Å². The molecule has 2 aromatic carbocycles. The Hall–Kier alpha value is -2.93. The maximum Gasteiger partial charge on any atom is 0.261 e. The molecule has 134 valence electrons. The fraction of sp³-hybridized carbons (Fsp3) is 0.105. The Labute approximate surface area is 152 Å². The highest BCUT2D eigenvalue weighted by Crippen LogP contribution is 2.24. The number of nitrogens with zero attached hydrogens (tertiary/aromatic N) is 1. The molecule has 0 spiro atoms. The van der Waals surface area contributed by atoms with Crippen molar-refractivity contribution in [2.45, 2.75) is 18.7 Å². The van der Waals surface area contributed by atoms with Crippen molar-refractivity contribution < 1.29 is 12.8 Å². The molecule has 26 heavy (non-hydrogen) atoms. The summed E-state index contributed by atoms with van der Waals surface area (Å²) in [5.41, 5.74) is 3.47. The minimum atomic E-state index is -3.79. The van der Waals surface area contributed by atoms with Crippen molar-refractivity contribution in [2.24, 2.45) is 0 Å². The summed E-state index contributed by atoms with van der Waals surface area (Å²) in [5.74, 6) is 0.111. The summed E-state index contributed by atoms with van der Waals surface area (Å²) in [5, 5.41) is 3.24. The van der Waals surface area contributed by atoms with Crippen LogP contribution in [-0.2, 0) is 10.0 Å². The number of pyridine rings is 1. The average Bonchev–Trinajstić information content (AvgIpc) is 2.60. The van der Waals surface area contributed by atoms with Crippen LogP contribution in [0.4, 0.5) is 21.6 Å². The molecule has 7 heteroatoms. The fourth-order valence-corrected chi connectivity index (χ4v) is 3.54. The molecule has 0 aliphatic carbocycles. The van der Waals surface area contributed by atoms with Gasteiger partial charge in [0, 0.05) is 5.69 Å². The number of aromatic nitrogens is 1. The second-order valence-electron chi connectivity index (χ2n) is 5.88. The number of hydrogen-bond donors (Lipinski definition) is 2. The Morgan fingerprint density at radius 1 is 0.923 bits per heavy atom. The number of anilines is 3. The molecule has 5 nitrogen and oxygen atoms in total. The van der Waals surface area contributed by atoms with E-state index in [-0.39, 0.29) is 4.90 Å². The van der Waals surface area contributed by atoms with Crippen molar-refractivity contribution in [1.29, 1.82) is 0 Å². The number of sulfonamides is 1. The van der Waals surface area contributed by atoms with E-state index < -0.39 is 15.8 Å². The van der Waals surface area contributed by atoms with Crippen LogP contribution in [0.25, 0.3) is 0 Å². The van der Waals surface area contributed by atoms with Crippen molar-refractivity contribution in [2.75, 3.05) is 10.0 Å². The second-order valence-corrected chi connectivity index (χ2v) is 7.57. The Kier molecular flexibility index (Phi) is 4.90. The van der Waals surface area contributed by atoms with Crippen LogP contribution in [0, 0.1) is 19.7 Å². The number of hydrogen-bond acceptors (Lipinski definition) is 4. The quantitative estimate of drug-likeness (QED) is 0.698. The average molecular weight is 371 g/mol. The number of para-hydroxylation sites is 1. The highest BCUT2D eigenvalue weighted by molar-refractivity contribution is 7.92. The highest BCUT2D eigenvalue weighted by atomic mass is 32.2. The summed E-state index contributed by atoms with van der Waals surface area (Å²) in [4.78, 5) is 4.23. The number of benzene rings is 2. The van der Waals surface area contributed by atoms with Gasteiger partial charge < -0.3 is 5.32 Å². The van der Waals surface area contributed by atoms with E-state index in [9.17, 15) is 12.8 Å². The van der Waals surface area contributed by atoms with Gasteiger partial charge in [-0.3, -0.25) is 4.72 Å². The third-order valence-corrected chi connectivity index (χ3v) is 5.27. The normalized spacial score (nSPS) is 11.2. The van der Waals surface area contributed by atoms with Gasteiger partial charge in [0.25, 0.3) is 10.0 Å². The Morgan fingerprint density at radius 3 is 2.15 bits per heavy atom. The molecule has 0 aliphatic rings. The summed E-state index contributed by atoms with van der Waals surface area (Å²) in [6.07, 6.45) is 1.43. The third-order valence-electron chi connectivity index (χ3n) is 3.87. The molecule has 0 saturated carbocycles. The Bertz CT molecular complexity index is 997. The molecular formula is C19H18FN3O2S. The molecule has 3 aromatic rings. The van der Waals surface area contributed by atoms with Gasteiger partial charge in [0.15, 0.2) is 0 Å². The lowest BCUT2D eigenvalue weighted by Gasteiger charge is -2.13.